The summed E-state index contributed by atoms with van der Waals surface area (Å²) in [6, 6.07) is 15.8. The number of amides is 3. The van der Waals surface area contributed by atoms with Gasteiger partial charge in [-0.15, -0.1) is 6.58 Å². The van der Waals surface area contributed by atoms with E-state index in [1.165, 1.54) is 9.80 Å². The molecule has 0 saturated carbocycles. The Kier molecular flexibility index (Phi) is 6.37. The van der Waals surface area contributed by atoms with Crippen LogP contribution in [0.2, 0.25) is 0 Å². The number of imide groups is 1. The number of carbonyl (C=O) groups excluding carboxylic acids is 2. The molecule has 2 aliphatic heterocycles. The van der Waals surface area contributed by atoms with E-state index in [1.54, 1.807) is 6.08 Å². The fourth-order valence-electron chi connectivity index (χ4n) is 4.19. The molecule has 4 rings (SSSR count). The van der Waals surface area contributed by atoms with Crippen LogP contribution >= 0.6 is 0 Å². The van der Waals surface area contributed by atoms with Crippen LogP contribution in [0.15, 0.2) is 61.2 Å². The number of benzene rings is 2. The monoisotopic (exact) mass is 439 g/mol. The largest absolute Gasteiger partial charge is 0.327 e. The number of carbonyl (C=O) groups is 2. The maximum absolute atomic E-state index is 13.4. The van der Waals surface area contributed by atoms with Gasteiger partial charge in [-0.05, 0) is 28.3 Å². The quantitative estimate of drug-likeness (QED) is 0.470. The normalized spacial score (nSPS) is 18.9. The van der Waals surface area contributed by atoms with E-state index in [4.69, 9.17) is 0 Å². The van der Waals surface area contributed by atoms with Crippen molar-refractivity contribution in [2.24, 2.45) is 0 Å². The SMILES string of the molecule is C=CCN1C(=O)CN(Cc2ccc(-c3cccc(CN4CCC(F)(F)CC4)c3)cc2)C1=O. The van der Waals surface area contributed by atoms with Gasteiger partial charge in [0.05, 0.1) is 0 Å². The van der Waals surface area contributed by atoms with Gasteiger partial charge in [0.25, 0.3) is 11.8 Å². The number of hydrogen-bond acceptors (Lipinski definition) is 3. The van der Waals surface area contributed by atoms with E-state index in [9.17, 15) is 18.4 Å². The number of nitrogens with zero attached hydrogens (tertiary/aromatic N) is 3. The van der Waals surface area contributed by atoms with Crippen LogP contribution in [-0.2, 0) is 17.9 Å². The zero-order valence-electron chi connectivity index (χ0n) is 18.0. The molecule has 32 heavy (non-hydrogen) atoms. The number of piperidine rings is 1. The predicted molar refractivity (Wildman–Crippen MR) is 119 cm³/mol. The molecule has 0 aromatic heterocycles. The van der Waals surface area contributed by atoms with Crippen LogP contribution in [0.3, 0.4) is 0 Å². The molecule has 0 radical (unpaired) electrons. The van der Waals surface area contributed by atoms with Gasteiger partial charge in [-0.25, -0.2) is 13.6 Å². The highest BCUT2D eigenvalue weighted by atomic mass is 19.3. The summed E-state index contributed by atoms with van der Waals surface area (Å²) >= 11 is 0. The maximum atomic E-state index is 13.4. The Morgan fingerprint density at radius 1 is 0.938 bits per heavy atom. The lowest BCUT2D eigenvalue weighted by Crippen LogP contribution is -2.38. The van der Waals surface area contributed by atoms with Crippen molar-refractivity contribution in [2.45, 2.75) is 31.9 Å². The zero-order chi connectivity index (χ0) is 22.7. The molecule has 2 fully saturated rings. The first-order valence-electron chi connectivity index (χ1n) is 10.8. The van der Waals surface area contributed by atoms with Crippen molar-refractivity contribution < 1.29 is 18.4 Å². The molecule has 2 aromatic rings. The second-order valence-corrected chi connectivity index (χ2v) is 8.46. The van der Waals surface area contributed by atoms with Gasteiger partial charge >= 0.3 is 6.03 Å². The lowest BCUT2D eigenvalue weighted by Gasteiger charge is -2.31. The molecule has 2 saturated heterocycles. The van der Waals surface area contributed by atoms with Crippen LogP contribution in [0.4, 0.5) is 13.6 Å². The van der Waals surface area contributed by atoms with Gasteiger partial charge in [-0.1, -0.05) is 48.5 Å². The third kappa shape index (κ3) is 5.05. The zero-order valence-corrected chi connectivity index (χ0v) is 18.0. The Morgan fingerprint density at radius 3 is 2.34 bits per heavy atom. The van der Waals surface area contributed by atoms with E-state index in [0.29, 0.717) is 26.2 Å². The average Bonchev–Trinajstić information content (AvgIpc) is 3.04. The molecule has 0 unspecified atom stereocenters. The molecule has 0 aliphatic carbocycles. The van der Waals surface area contributed by atoms with Crippen LogP contribution in [0.25, 0.3) is 11.1 Å². The van der Waals surface area contributed by atoms with E-state index in [1.807, 2.05) is 42.5 Å². The van der Waals surface area contributed by atoms with Gasteiger partial charge in [-0.2, -0.15) is 0 Å². The molecule has 0 atom stereocenters. The Labute approximate surface area is 186 Å². The van der Waals surface area contributed by atoms with Crippen molar-refractivity contribution in [3.05, 3.63) is 72.3 Å². The summed E-state index contributed by atoms with van der Waals surface area (Å²) < 4.78 is 26.8. The highest BCUT2D eigenvalue weighted by molar-refractivity contribution is 6.02. The highest BCUT2D eigenvalue weighted by Gasteiger charge is 2.35. The molecule has 5 nitrogen and oxygen atoms in total. The molecule has 7 heteroatoms. The van der Waals surface area contributed by atoms with E-state index < -0.39 is 5.92 Å². The topological polar surface area (TPSA) is 43.9 Å². The number of hydrogen-bond donors (Lipinski definition) is 0. The Morgan fingerprint density at radius 2 is 1.66 bits per heavy atom. The Balaban J connectivity index is 1.39. The van der Waals surface area contributed by atoms with Crippen molar-refractivity contribution in [3.8, 4) is 11.1 Å². The van der Waals surface area contributed by atoms with Crippen molar-refractivity contribution in [2.75, 3.05) is 26.2 Å². The molecule has 3 amide bonds. The van der Waals surface area contributed by atoms with E-state index >= 15 is 0 Å². The molecule has 2 aliphatic rings. The van der Waals surface area contributed by atoms with Gasteiger partial charge in [0.15, 0.2) is 0 Å². The van der Waals surface area contributed by atoms with Crippen LogP contribution in [0, 0.1) is 0 Å². The van der Waals surface area contributed by atoms with Crippen LogP contribution in [-0.4, -0.2) is 58.7 Å². The molecule has 0 bridgehead atoms. The second-order valence-electron chi connectivity index (χ2n) is 8.46. The minimum absolute atomic E-state index is 0.0788. The third-order valence-corrected chi connectivity index (χ3v) is 6.02. The summed E-state index contributed by atoms with van der Waals surface area (Å²) in [7, 11) is 0. The molecule has 0 spiro atoms. The third-order valence-electron chi connectivity index (χ3n) is 6.02. The smallest absolute Gasteiger partial charge is 0.311 e. The summed E-state index contributed by atoms with van der Waals surface area (Å²) in [5.74, 6) is -2.74. The first-order valence-corrected chi connectivity index (χ1v) is 10.8. The summed E-state index contributed by atoms with van der Waals surface area (Å²) in [4.78, 5) is 29.2. The predicted octanol–water partition coefficient (Wildman–Crippen LogP) is 4.53. The van der Waals surface area contributed by atoms with E-state index in [2.05, 4.69) is 17.5 Å². The van der Waals surface area contributed by atoms with E-state index in [0.717, 1.165) is 22.3 Å². The molecular formula is C25H27F2N3O2. The number of rotatable bonds is 7. The molecule has 2 aromatic carbocycles. The standard InChI is InChI=1S/C25H27F2N3O2/c1-2-12-30-23(31)18-29(24(30)32)17-19-6-8-21(9-7-19)22-5-3-4-20(15-22)16-28-13-10-25(26,27)11-14-28/h2-9,15H,1,10-14,16-18H2. The second kappa shape index (κ2) is 9.20. The van der Waals surface area contributed by atoms with Crippen LogP contribution in [0.5, 0.6) is 0 Å². The first-order chi connectivity index (χ1) is 15.3. The minimum Gasteiger partial charge on any atom is -0.311 e. The average molecular weight is 440 g/mol. The van der Waals surface area contributed by atoms with Gasteiger partial charge in [-0.3, -0.25) is 14.6 Å². The van der Waals surface area contributed by atoms with Crippen LogP contribution < -0.4 is 0 Å². The van der Waals surface area contributed by atoms with Crippen molar-refractivity contribution in [1.82, 2.24) is 14.7 Å². The summed E-state index contributed by atoms with van der Waals surface area (Å²) in [6.07, 6.45) is 1.39. The number of alkyl halides is 2. The van der Waals surface area contributed by atoms with Gasteiger partial charge in [0.2, 0.25) is 0 Å². The van der Waals surface area contributed by atoms with Crippen LogP contribution in [0.1, 0.15) is 24.0 Å². The first kappa shape index (κ1) is 22.1. The molecule has 2 heterocycles. The molecular weight excluding hydrogens is 412 g/mol. The maximum Gasteiger partial charge on any atom is 0.327 e. The summed E-state index contributed by atoms with van der Waals surface area (Å²) in [5.41, 5.74) is 4.14. The van der Waals surface area contributed by atoms with Gasteiger partial charge in [0, 0.05) is 45.6 Å². The lowest BCUT2D eigenvalue weighted by molar-refractivity contribution is -0.125. The Bertz CT molecular complexity index is 997. The summed E-state index contributed by atoms with van der Waals surface area (Å²) in [5, 5.41) is 0. The van der Waals surface area contributed by atoms with Crippen molar-refractivity contribution in [3.63, 3.8) is 0 Å². The van der Waals surface area contributed by atoms with Gasteiger partial charge in [0.1, 0.15) is 6.54 Å². The van der Waals surface area contributed by atoms with Crippen molar-refractivity contribution >= 4 is 11.9 Å². The molecule has 0 N–H and O–H groups in total. The number of urea groups is 1. The minimum atomic E-state index is -2.53. The van der Waals surface area contributed by atoms with Gasteiger partial charge < -0.3 is 4.90 Å². The highest BCUT2D eigenvalue weighted by Crippen LogP contribution is 2.29. The fourth-order valence-corrected chi connectivity index (χ4v) is 4.19. The van der Waals surface area contributed by atoms with Crippen molar-refractivity contribution in [1.29, 1.82) is 0 Å². The number of halogens is 2. The fraction of sp³-hybridized carbons (Fsp3) is 0.360. The molecule has 168 valence electrons. The summed E-state index contributed by atoms with van der Waals surface area (Å²) in [6.45, 7) is 5.75. The number of likely N-dealkylation sites (tertiary alicyclic amines) is 1. The lowest BCUT2D eigenvalue weighted by atomic mass is 10.0. The Hall–Kier alpha value is -3.06. The van der Waals surface area contributed by atoms with E-state index in [-0.39, 0.29) is 37.9 Å².